The van der Waals surface area contributed by atoms with Crippen molar-refractivity contribution in [2.75, 3.05) is 19.6 Å². The second kappa shape index (κ2) is 5.97. The van der Waals surface area contributed by atoms with E-state index in [2.05, 4.69) is 17.6 Å². The molecule has 1 aliphatic heterocycles. The lowest BCUT2D eigenvalue weighted by Gasteiger charge is -2.34. The summed E-state index contributed by atoms with van der Waals surface area (Å²) in [6, 6.07) is 1.73. The smallest absolute Gasteiger partial charge is 0.267 e. The van der Waals surface area contributed by atoms with Gasteiger partial charge >= 0.3 is 0 Å². The van der Waals surface area contributed by atoms with Crippen LogP contribution in [0.5, 0.6) is 0 Å². The van der Waals surface area contributed by atoms with E-state index < -0.39 is 0 Å². The predicted octanol–water partition coefficient (Wildman–Crippen LogP) is 2.28. The summed E-state index contributed by atoms with van der Waals surface area (Å²) in [5.41, 5.74) is 0.846. The molecule has 0 atom stereocenters. The Bertz CT molecular complexity index is 450. The van der Waals surface area contributed by atoms with Gasteiger partial charge in [0.1, 0.15) is 5.69 Å². The minimum atomic E-state index is -0.0338. The lowest BCUT2D eigenvalue weighted by atomic mass is 9.81. The number of nitrogens with one attached hydrogen (secondary N) is 2. The van der Waals surface area contributed by atoms with Crippen LogP contribution < -0.4 is 10.6 Å². The van der Waals surface area contributed by atoms with Gasteiger partial charge in [0, 0.05) is 19.3 Å². The molecule has 0 saturated carbocycles. The van der Waals surface area contributed by atoms with Crippen LogP contribution in [0.1, 0.15) is 37.2 Å². The van der Waals surface area contributed by atoms with Gasteiger partial charge in [-0.1, -0.05) is 18.5 Å². The molecule has 1 fully saturated rings. The van der Waals surface area contributed by atoms with E-state index in [0.29, 0.717) is 10.7 Å². The fourth-order valence-corrected chi connectivity index (χ4v) is 2.74. The Balaban J connectivity index is 1.97. The number of amides is 1. The standard InChI is InChI=1S/C14H22ClN3O/c1-3-18-9-11(15)8-12(18)13(19)17-10-14(2)4-6-16-7-5-14/h8-9,16H,3-7,10H2,1-2H3,(H,17,19). The lowest BCUT2D eigenvalue weighted by molar-refractivity contribution is 0.0913. The number of piperidine rings is 1. The van der Waals surface area contributed by atoms with Crippen LogP contribution in [0.15, 0.2) is 12.3 Å². The first kappa shape index (κ1) is 14.4. The Labute approximate surface area is 119 Å². The highest BCUT2D eigenvalue weighted by atomic mass is 35.5. The Morgan fingerprint density at radius 1 is 1.53 bits per heavy atom. The topological polar surface area (TPSA) is 46.1 Å². The molecule has 2 rings (SSSR count). The normalized spacial score (nSPS) is 18.3. The van der Waals surface area contributed by atoms with Crippen LogP contribution in [0.4, 0.5) is 0 Å². The molecule has 5 heteroatoms. The molecule has 0 bridgehead atoms. The molecule has 0 spiro atoms. The number of hydrogen-bond donors (Lipinski definition) is 2. The second-order valence-electron chi connectivity index (χ2n) is 5.57. The first-order valence-electron chi connectivity index (χ1n) is 6.89. The highest BCUT2D eigenvalue weighted by Crippen LogP contribution is 2.26. The van der Waals surface area contributed by atoms with E-state index in [-0.39, 0.29) is 11.3 Å². The largest absolute Gasteiger partial charge is 0.350 e. The van der Waals surface area contributed by atoms with Gasteiger partial charge in [0.05, 0.1) is 5.02 Å². The maximum atomic E-state index is 12.2. The van der Waals surface area contributed by atoms with Crippen LogP contribution >= 0.6 is 11.6 Å². The first-order chi connectivity index (χ1) is 9.04. The molecule has 19 heavy (non-hydrogen) atoms. The molecule has 2 N–H and O–H groups in total. The van der Waals surface area contributed by atoms with Gasteiger partial charge in [-0.15, -0.1) is 0 Å². The van der Waals surface area contributed by atoms with E-state index in [0.717, 1.165) is 39.0 Å². The summed E-state index contributed by atoms with van der Waals surface area (Å²) in [4.78, 5) is 12.2. The first-order valence-corrected chi connectivity index (χ1v) is 7.26. The summed E-state index contributed by atoms with van der Waals surface area (Å²) >= 11 is 5.96. The van der Waals surface area contributed by atoms with E-state index in [1.807, 2.05) is 11.5 Å². The number of aryl methyl sites for hydroxylation is 1. The van der Waals surface area contributed by atoms with Gasteiger partial charge in [-0.05, 0) is 44.3 Å². The quantitative estimate of drug-likeness (QED) is 0.890. The Morgan fingerprint density at radius 2 is 2.21 bits per heavy atom. The van der Waals surface area contributed by atoms with Crippen LogP contribution in [0.3, 0.4) is 0 Å². The molecular formula is C14H22ClN3O. The average Bonchev–Trinajstić information content (AvgIpc) is 2.78. The summed E-state index contributed by atoms with van der Waals surface area (Å²) in [6.45, 7) is 7.77. The zero-order valence-corrected chi connectivity index (χ0v) is 12.4. The molecule has 0 aliphatic carbocycles. The molecule has 2 heterocycles. The average molecular weight is 284 g/mol. The number of nitrogens with zero attached hydrogens (tertiary/aromatic N) is 1. The second-order valence-corrected chi connectivity index (χ2v) is 6.01. The molecule has 1 saturated heterocycles. The molecule has 0 unspecified atom stereocenters. The molecule has 1 aromatic rings. The molecule has 1 aliphatic rings. The third-order valence-corrected chi connectivity index (χ3v) is 4.13. The molecule has 1 amide bonds. The van der Waals surface area contributed by atoms with Crippen LogP contribution in [-0.2, 0) is 6.54 Å². The van der Waals surface area contributed by atoms with Crippen molar-refractivity contribution in [1.29, 1.82) is 0 Å². The molecule has 1 aromatic heterocycles. The third-order valence-electron chi connectivity index (χ3n) is 3.92. The van der Waals surface area contributed by atoms with E-state index >= 15 is 0 Å². The van der Waals surface area contributed by atoms with E-state index in [4.69, 9.17) is 11.6 Å². The van der Waals surface area contributed by atoms with Gasteiger partial charge in [0.2, 0.25) is 0 Å². The van der Waals surface area contributed by atoms with Crippen LogP contribution in [0, 0.1) is 5.41 Å². The van der Waals surface area contributed by atoms with E-state index in [1.54, 1.807) is 12.3 Å². The van der Waals surface area contributed by atoms with E-state index in [9.17, 15) is 4.79 Å². The molecule has 106 valence electrons. The molecule has 0 aromatic carbocycles. The van der Waals surface area contributed by atoms with Crippen molar-refractivity contribution in [2.45, 2.75) is 33.2 Å². The predicted molar refractivity (Wildman–Crippen MR) is 77.7 cm³/mol. The highest BCUT2D eigenvalue weighted by molar-refractivity contribution is 6.31. The number of rotatable bonds is 4. The Morgan fingerprint density at radius 3 is 2.84 bits per heavy atom. The molecule has 4 nitrogen and oxygen atoms in total. The zero-order chi connectivity index (χ0) is 13.9. The number of hydrogen-bond acceptors (Lipinski definition) is 2. The summed E-state index contributed by atoms with van der Waals surface area (Å²) < 4.78 is 1.88. The zero-order valence-electron chi connectivity index (χ0n) is 11.6. The Kier molecular flexibility index (Phi) is 4.53. The number of aromatic nitrogens is 1. The summed E-state index contributed by atoms with van der Waals surface area (Å²) in [6.07, 6.45) is 3.99. The van der Waals surface area contributed by atoms with Crippen LogP contribution in [0.25, 0.3) is 0 Å². The SMILES string of the molecule is CCn1cc(Cl)cc1C(=O)NCC1(C)CCNCC1. The Hall–Kier alpha value is -1.00. The molecule has 0 radical (unpaired) electrons. The number of carbonyl (C=O) groups excluding carboxylic acids is 1. The van der Waals surface area contributed by atoms with Crippen molar-refractivity contribution in [3.63, 3.8) is 0 Å². The van der Waals surface area contributed by atoms with Crippen LogP contribution in [-0.4, -0.2) is 30.1 Å². The summed E-state index contributed by atoms with van der Waals surface area (Å²) in [7, 11) is 0. The summed E-state index contributed by atoms with van der Waals surface area (Å²) in [5, 5.41) is 7.01. The van der Waals surface area contributed by atoms with Gasteiger partial charge in [0.15, 0.2) is 0 Å². The van der Waals surface area contributed by atoms with Gasteiger partial charge in [0.25, 0.3) is 5.91 Å². The highest BCUT2D eigenvalue weighted by Gasteiger charge is 2.27. The van der Waals surface area contributed by atoms with Gasteiger partial charge in [-0.25, -0.2) is 0 Å². The van der Waals surface area contributed by atoms with Crippen molar-refractivity contribution in [3.8, 4) is 0 Å². The van der Waals surface area contributed by atoms with E-state index in [1.165, 1.54) is 0 Å². The maximum absolute atomic E-state index is 12.2. The lowest BCUT2D eigenvalue weighted by Crippen LogP contribution is -2.43. The fourth-order valence-electron chi connectivity index (χ4n) is 2.52. The molecular weight excluding hydrogens is 262 g/mol. The van der Waals surface area contributed by atoms with Crippen molar-refractivity contribution >= 4 is 17.5 Å². The van der Waals surface area contributed by atoms with Crippen LogP contribution in [0.2, 0.25) is 5.02 Å². The van der Waals surface area contributed by atoms with Gasteiger partial charge in [-0.3, -0.25) is 4.79 Å². The maximum Gasteiger partial charge on any atom is 0.267 e. The van der Waals surface area contributed by atoms with Gasteiger partial charge in [-0.2, -0.15) is 0 Å². The fraction of sp³-hybridized carbons (Fsp3) is 0.643. The third kappa shape index (κ3) is 3.51. The number of carbonyl (C=O) groups is 1. The van der Waals surface area contributed by atoms with Gasteiger partial charge < -0.3 is 15.2 Å². The van der Waals surface area contributed by atoms with Crippen molar-refractivity contribution in [1.82, 2.24) is 15.2 Å². The van der Waals surface area contributed by atoms with Crippen molar-refractivity contribution in [2.24, 2.45) is 5.41 Å². The van der Waals surface area contributed by atoms with Crippen molar-refractivity contribution in [3.05, 3.63) is 23.0 Å². The summed E-state index contributed by atoms with van der Waals surface area (Å²) in [5.74, 6) is -0.0338. The van der Waals surface area contributed by atoms with Crippen molar-refractivity contribution < 1.29 is 4.79 Å². The number of halogens is 1. The minimum Gasteiger partial charge on any atom is -0.350 e. The monoisotopic (exact) mass is 283 g/mol. The minimum absolute atomic E-state index is 0.0338.